The first kappa shape index (κ1) is 14.3. The summed E-state index contributed by atoms with van der Waals surface area (Å²) in [5, 5.41) is 0.306. The number of pyridine rings is 1. The minimum absolute atomic E-state index is 0.176. The van der Waals surface area contributed by atoms with Crippen molar-refractivity contribution in [3.05, 3.63) is 58.2 Å². The molecule has 2 aromatic rings. The van der Waals surface area contributed by atoms with Gasteiger partial charge in [0.05, 0.1) is 10.6 Å². The Balaban J connectivity index is 2.16. The zero-order valence-electron chi connectivity index (χ0n) is 11.4. The molecule has 0 saturated heterocycles. The van der Waals surface area contributed by atoms with E-state index in [9.17, 15) is 4.79 Å². The number of carbonyl (C=O) groups is 1. The zero-order chi connectivity index (χ0) is 14.7. The molecule has 0 radical (unpaired) electrons. The lowest BCUT2D eigenvalue weighted by Gasteiger charge is -2.18. The molecular weight excluding hydrogens is 274 g/mol. The van der Waals surface area contributed by atoms with Gasteiger partial charge in [-0.3, -0.25) is 4.79 Å². The van der Waals surface area contributed by atoms with E-state index in [4.69, 9.17) is 17.3 Å². The van der Waals surface area contributed by atoms with Gasteiger partial charge in [0.2, 0.25) is 0 Å². The Morgan fingerprint density at radius 1 is 1.35 bits per heavy atom. The van der Waals surface area contributed by atoms with Gasteiger partial charge in [-0.15, -0.1) is 0 Å². The summed E-state index contributed by atoms with van der Waals surface area (Å²) in [5.74, 6) is 0.103. The molecule has 0 spiro atoms. The topological polar surface area (TPSA) is 59.2 Å². The second-order valence-corrected chi connectivity index (χ2v) is 5.14. The molecule has 1 aromatic carbocycles. The fourth-order valence-electron chi connectivity index (χ4n) is 1.86. The van der Waals surface area contributed by atoms with Crippen LogP contribution >= 0.6 is 11.6 Å². The van der Waals surface area contributed by atoms with Gasteiger partial charge in [-0.25, -0.2) is 4.98 Å². The van der Waals surface area contributed by atoms with Crippen LogP contribution in [0.2, 0.25) is 5.02 Å². The van der Waals surface area contributed by atoms with Crippen molar-refractivity contribution < 1.29 is 4.79 Å². The van der Waals surface area contributed by atoms with E-state index in [1.807, 2.05) is 31.2 Å². The molecule has 0 fully saturated rings. The first-order valence-electron chi connectivity index (χ1n) is 6.19. The van der Waals surface area contributed by atoms with Crippen LogP contribution in [0, 0.1) is 6.92 Å². The number of rotatable bonds is 3. The summed E-state index contributed by atoms with van der Waals surface area (Å²) in [5.41, 5.74) is 8.21. The number of aryl methyl sites for hydroxylation is 1. The minimum Gasteiger partial charge on any atom is -0.384 e. The monoisotopic (exact) mass is 289 g/mol. The van der Waals surface area contributed by atoms with Crippen LogP contribution in [-0.2, 0) is 6.54 Å². The van der Waals surface area contributed by atoms with Crippen molar-refractivity contribution in [2.24, 2.45) is 0 Å². The SMILES string of the molecule is Cc1ccc(CN(C)C(=O)c2cc(N)ncc2Cl)cc1. The quantitative estimate of drug-likeness (QED) is 0.945. The number of carbonyl (C=O) groups excluding carboxylic acids is 1. The number of halogens is 1. The van der Waals surface area contributed by atoms with E-state index < -0.39 is 0 Å². The fraction of sp³-hybridized carbons (Fsp3) is 0.200. The maximum atomic E-state index is 12.3. The van der Waals surface area contributed by atoms with Crippen LogP contribution in [0.25, 0.3) is 0 Å². The second-order valence-electron chi connectivity index (χ2n) is 4.74. The summed E-state index contributed by atoms with van der Waals surface area (Å²) >= 11 is 5.99. The van der Waals surface area contributed by atoms with Crippen LogP contribution in [0.1, 0.15) is 21.5 Å². The van der Waals surface area contributed by atoms with Crippen LogP contribution in [0.3, 0.4) is 0 Å². The van der Waals surface area contributed by atoms with Crippen molar-refractivity contribution in [2.45, 2.75) is 13.5 Å². The minimum atomic E-state index is -0.176. The third kappa shape index (κ3) is 3.27. The third-order valence-corrected chi connectivity index (χ3v) is 3.30. The first-order valence-corrected chi connectivity index (χ1v) is 6.57. The van der Waals surface area contributed by atoms with E-state index in [2.05, 4.69) is 4.98 Å². The predicted molar refractivity (Wildman–Crippen MR) is 80.6 cm³/mol. The molecule has 0 bridgehead atoms. The van der Waals surface area contributed by atoms with Gasteiger partial charge in [0.1, 0.15) is 5.82 Å². The Hall–Kier alpha value is -2.07. The highest BCUT2D eigenvalue weighted by molar-refractivity contribution is 6.33. The van der Waals surface area contributed by atoms with Gasteiger partial charge in [0.15, 0.2) is 0 Å². The molecule has 2 N–H and O–H groups in total. The number of benzene rings is 1. The molecule has 1 heterocycles. The number of nitrogen functional groups attached to an aromatic ring is 1. The molecule has 0 unspecified atom stereocenters. The summed E-state index contributed by atoms with van der Waals surface area (Å²) in [6.07, 6.45) is 1.39. The summed E-state index contributed by atoms with van der Waals surface area (Å²) in [6, 6.07) is 9.54. The number of hydrogen-bond acceptors (Lipinski definition) is 3. The number of aromatic nitrogens is 1. The lowest BCUT2D eigenvalue weighted by molar-refractivity contribution is 0.0785. The maximum absolute atomic E-state index is 12.3. The van der Waals surface area contributed by atoms with E-state index in [1.54, 1.807) is 11.9 Å². The number of anilines is 1. The van der Waals surface area contributed by atoms with E-state index >= 15 is 0 Å². The molecule has 104 valence electrons. The van der Waals surface area contributed by atoms with Gasteiger partial charge >= 0.3 is 0 Å². The smallest absolute Gasteiger partial charge is 0.255 e. The normalized spacial score (nSPS) is 10.3. The van der Waals surface area contributed by atoms with Crippen LogP contribution in [-0.4, -0.2) is 22.8 Å². The van der Waals surface area contributed by atoms with Crippen molar-refractivity contribution >= 4 is 23.3 Å². The van der Waals surface area contributed by atoms with Crippen molar-refractivity contribution in [1.82, 2.24) is 9.88 Å². The summed E-state index contributed by atoms with van der Waals surface area (Å²) in [7, 11) is 1.73. The van der Waals surface area contributed by atoms with Crippen molar-refractivity contribution in [3.63, 3.8) is 0 Å². The summed E-state index contributed by atoms with van der Waals surface area (Å²) in [6.45, 7) is 2.54. The lowest BCUT2D eigenvalue weighted by atomic mass is 10.1. The number of amides is 1. The first-order chi connectivity index (χ1) is 9.47. The molecule has 0 aliphatic carbocycles. The van der Waals surface area contributed by atoms with Crippen molar-refractivity contribution in [2.75, 3.05) is 12.8 Å². The van der Waals surface area contributed by atoms with Gasteiger partial charge in [-0.05, 0) is 18.6 Å². The van der Waals surface area contributed by atoms with Crippen LogP contribution in [0.15, 0.2) is 36.5 Å². The standard InChI is InChI=1S/C15H16ClN3O/c1-10-3-5-11(6-4-10)9-19(2)15(20)12-7-14(17)18-8-13(12)16/h3-8H,9H2,1-2H3,(H2,17,18). The molecule has 0 saturated carbocycles. The second kappa shape index (κ2) is 5.92. The highest BCUT2D eigenvalue weighted by atomic mass is 35.5. The highest BCUT2D eigenvalue weighted by Gasteiger charge is 2.16. The predicted octanol–water partition coefficient (Wildman–Crippen LogP) is 2.90. The van der Waals surface area contributed by atoms with Gasteiger partial charge in [0.25, 0.3) is 5.91 Å². The van der Waals surface area contributed by atoms with E-state index in [1.165, 1.54) is 17.8 Å². The fourth-order valence-corrected chi connectivity index (χ4v) is 2.05. The molecule has 0 aliphatic rings. The number of hydrogen-bond donors (Lipinski definition) is 1. The molecule has 1 aromatic heterocycles. The Morgan fingerprint density at radius 3 is 2.65 bits per heavy atom. The van der Waals surface area contributed by atoms with Crippen LogP contribution < -0.4 is 5.73 Å². The average molecular weight is 290 g/mol. The largest absolute Gasteiger partial charge is 0.384 e. The molecule has 5 heteroatoms. The average Bonchev–Trinajstić information content (AvgIpc) is 2.43. The Kier molecular flexibility index (Phi) is 4.25. The Bertz CT molecular complexity index is 626. The molecule has 0 aliphatic heterocycles. The van der Waals surface area contributed by atoms with E-state index in [0.29, 0.717) is 17.1 Å². The number of nitrogens with two attached hydrogens (primary N) is 1. The molecule has 0 atom stereocenters. The molecule has 4 nitrogen and oxygen atoms in total. The maximum Gasteiger partial charge on any atom is 0.255 e. The van der Waals surface area contributed by atoms with Gasteiger partial charge in [0, 0.05) is 19.8 Å². The van der Waals surface area contributed by atoms with Gasteiger partial charge in [-0.1, -0.05) is 41.4 Å². The summed E-state index contributed by atoms with van der Waals surface area (Å²) < 4.78 is 0. The van der Waals surface area contributed by atoms with E-state index in [-0.39, 0.29) is 11.7 Å². The molecule has 1 amide bonds. The highest BCUT2D eigenvalue weighted by Crippen LogP contribution is 2.19. The number of nitrogens with zero attached hydrogens (tertiary/aromatic N) is 2. The zero-order valence-corrected chi connectivity index (χ0v) is 12.2. The molecule has 2 rings (SSSR count). The van der Waals surface area contributed by atoms with Crippen molar-refractivity contribution in [3.8, 4) is 0 Å². The molecule has 20 heavy (non-hydrogen) atoms. The van der Waals surface area contributed by atoms with Gasteiger partial charge in [-0.2, -0.15) is 0 Å². The Labute approximate surface area is 123 Å². The van der Waals surface area contributed by atoms with Crippen LogP contribution in [0.4, 0.5) is 5.82 Å². The summed E-state index contributed by atoms with van der Waals surface area (Å²) in [4.78, 5) is 17.8. The van der Waals surface area contributed by atoms with Crippen LogP contribution in [0.5, 0.6) is 0 Å². The Morgan fingerprint density at radius 2 is 2.00 bits per heavy atom. The van der Waals surface area contributed by atoms with Crippen molar-refractivity contribution in [1.29, 1.82) is 0 Å². The molecular formula is C15H16ClN3O. The van der Waals surface area contributed by atoms with Gasteiger partial charge < -0.3 is 10.6 Å². The lowest BCUT2D eigenvalue weighted by Crippen LogP contribution is -2.26. The third-order valence-electron chi connectivity index (χ3n) is 2.99. The van der Waals surface area contributed by atoms with E-state index in [0.717, 1.165) is 5.56 Å².